The zero-order chi connectivity index (χ0) is 19.7. The highest BCUT2D eigenvalue weighted by Gasteiger charge is 2.67. The third-order valence-corrected chi connectivity index (χ3v) is 7.42. The Kier molecular flexibility index (Phi) is 3.63. The van der Waals surface area contributed by atoms with E-state index in [1.807, 2.05) is 49.4 Å². The summed E-state index contributed by atoms with van der Waals surface area (Å²) < 4.78 is 0. The van der Waals surface area contributed by atoms with Gasteiger partial charge in [-0.3, -0.25) is 4.79 Å². The molecule has 0 aliphatic heterocycles. The van der Waals surface area contributed by atoms with E-state index in [9.17, 15) is 4.79 Å². The molecule has 1 amide bonds. The summed E-state index contributed by atoms with van der Waals surface area (Å²) in [5.74, 6) is 0.236. The first kappa shape index (κ1) is 17.6. The molecule has 1 N–H and O–H groups in total. The van der Waals surface area contributed by atoms with Gasteiger partial charge in [0.25, 0.3) is 0 Å². The van der Waals surface area contributed by atoms with E-state index in [4.69, 9.17) is 21.6 Å². The van der Waals surface area contributed by atoms with Crippen molar-refractivity contribution in [1.29, 1.82) is 0 Å². The molecule has 0 radical (unpaired) electrons. The van der Waals surface area contributed by atoms with E-state index in [1.54, 1.807) is 0 Å². The van der Waals surface area contributed by atoms with Crippen molar-refractivity contribution >= 4 is 34.2 Å². The summed E-state index contributed by atoms with van der Waals surface area (Å²) >= 11 is 6.26. The maximum atomic E-state index is 13.8. The number of anilines is 1. The lowest BCUT2D eigenvalue weighted by Crippen LogP contribution is -2.46. The van der Waals surface area contributed by atoms with Crippen molar-refractivity contribution in [1.82, 2.24) is 9.97 Å². The minimum Gasteiger partial charge on any atom is -0.325 e. The Labute approximate surface area is 169 Å². The van der Waals surface area contributed by atoms with E-state index >= 15 is 0 Å². The average molecular weight is 392 g/mol. The summed E-state index contributed by atoms with van der Waals surface area (Å²) in [6, 6.07) is 13.5. The first-order valence-electron chi connectivity index (χ1n) is 9.70. The predicted octanol–water partition coefficient (Wildman–Crippen LogP) is 5.39. The highest BCUT2D eigenvalue weighted by atomic mass is 35.5. The molecule has 28 heavy (non-hydrogen) atoms. The first-order valence-corrected chi connectivity index (χ1v) is 10.1. The number of hydrogen-bond donors (Lipinski definition) is 1. The van der Waals surface area contributed by atoms with Crippen LogP contribution in [0.3, 0.4) is 0 Å². The van der Waals surface area contributed by atoms with Gasteiger partial charge in [0.15, 0.2) is 0 Å². The Morgan fingerprint density at radius 2 is 1.82 bits per heavy atom. The van der Waals surface area contributed by atoms with Gasteiger partial charge in [-0.25, -0.2) is 9.97 Å². The maximum Gasteiger partial charge on any atom is 0.237 e. The van der Waals surface area contributed by atoms with Crippen LogP contribution in [0.25, 0.3) is 11.0 Å². The van der Waals surface area contributed by atoms with Crippen molar-refractivity contribution in [3.63, 3.8) is 0 Å². The molecule has 2 aliphatic carbocycles. The van der Waals surface area contributed by atoms with Crippen molar-refractivity contribution in [3.05, 3.63) is 64.4 Å². The zero-order valence-corrected chi connectivity index (χ0v) is 17.0. The maximum absolute atomic E-state index is 13.8. The van der Waals surface area contributed by atoms with Crippen LogP contribution in [0.5, 0.6) is 0 Å². The number of carbonyl (C=O) groups excluding carboxylic acids is 1. The third-order valence-electron chi connectivity index (χ3n) is 7.01. The molecule has 0 spiro atoms. The number of amides is 1. The van der Waals surface area contributed by atoms with Crippen molar-refractivity contribution in [3.8, 4) is 0 Å². The molecular weight excluding hydrogens is 370 g/mol. The Balaban J connectivity index is 1.67. The summed E-state index contributed by atoms with van der Waals surface area (Å²) in [5.41, 5.74) is 4.29. The average Bonchev–Trinajstić information content (AvgIpc) is 3.05. The minimum atomic E-state index is -0.682. The van der Waals surface area contributed by atoms with Gasteiger partial charge in [0.2, 0.25) is 5.91 Å². The minimum absolute atomic E-state index is 0.00584. The van der Waals surface area contributed by atoms with E-state index in [1.165, 1.54) is 0 Å². The molecule has 1 saturated carbocycles. The van der Waals surface area contributed by atoms with Crippen LogP contribution in [0.1, 0.15) is 49.6 Å². The van der Waals surface area contributed by atoms with Crippen LogP contribution in [0, 0.1) is 12.3 Å². The van der Waals surface area contributed by atoms with Crippen LogP contribution < -0.4 is 5.32 Å². The lowest BCUT2D eigenvalue weighted by molar-refractivity contribution is -0.124. The molecule has 2 atom stereocenters. The fraction of sp³-hybridized carbons (Fsp3) is 0.348. The summed E-state index contributed by atoms with van der Waals surface area (Å²) in [5, 5.41) is 3.81. The fourth-order valence-electron chi connectivity index (χ4n) is 5.30. The van der Waals surface area contributed by atoms with E-state index in [0.717, 1.165) is 46.5 Å². The number of aromatic nitrogens is 2. The van der Waals surface area contributed by atoms with Crippen LogP contribution in [0.4, 0.5) is 5.69 Å². The van der Waals surface area contributed by atoms with E-state index in [-0.39, 0.29) is 17.2 Å². The lowest BCUT2D eigenvalue weighted by atomic mass is 9.67. The molecule has 2 bridgehead atoms. The highest BCUT2D eigenvalue weighted by Crippen LogP contribution is 2.67. The number of carbonyl (C=O) groups is 1. The standard InChI is InChI=1S/C23H22ClN3O/c1-13-15(24)7-6-10-16(13)27-21(28)23-12-11-14(22(23,2)3)19-20(23)26-18-9-5-4-8-17(18)25-19/h4-10,14H,11-12H2,1-3H3,(H,27,28). The fourth-order valence-corrected chi connectivity index (χ4v) is 5.47. The molecule has 5 heteroatoms. The van der Waals surface area contributed by atoms with Crippen LogP contribution >= 0.6 is 11.6 Å². The lowest BCUT2D eigenvalue weighted by Gasteiger charge is -2.36. The third kappa shape index (κ3) is 2.10. The van der Waals surface area contributed by atoms with E-state index < -0.39 is 5.41 Å². The Bertz CT molecular complexity index is 1140. The van der Waals surface area contributed by atoms with Crippen molar-refractivity contribution in [2.24, 2.45) is 5.41 Å². The number of halogens is 1. The van der Waals surface area contributed by atoms with Gasteiger partial charge in [-0.15, -0.1) is 0 Å². The van der Waals surface area contributed by atoms with Crippen LogP contribution in [0.15, 0.2) is 42.5 Å². The molecule has 2 aliphatic rings. The predicted molar refractivity (Wildman–Crippen MR) is 112 cm³/mol. The van der Waals surface area contributed by atoms with Crippen molar-refractivity contribution in [2.75, 3.05) is 5.32 Å². The van der Waals surface area contributed by atoms with Gasteiger partial charge >= 0.3 is 0 Å². The van der Waals surface area contributed by atoms with Crippen molar-refractivity contribution < 1.29 is 4.79 Å². The quantitative estimate of drug-likeness (QED) is 0.637. The topological polar surface area (TPSA) is 54.9 Å². The van der Waals surface area contributed by atoms with Gasteiger partial charge in [0.1, 0.15) is 0 Å². The second-order valence-electron chi connectivity index (χ2n) is 8.53. The summed E-state index contributed by atoms with van der Waals surface area (Å²) in [6.07, 6.45) is 1.74. The van der Waals surface area contributed by atoms with Gasteiger partial charge in [-0.05, 0) is 55.0 Å². The molecule has 1 heterocycles. The molecule has 2 aromatic carbocycles. The Hall–Kier alpha value is -2.46. The molecule has 5 rings (SSSR count). The van der Waals surface area contributed by atoms with E-state index in [0.29, 0.717) is 5.02 Å². The van der Waals surface area contributed by atoms with Gasteiger partial charge < -0.3 is 5.32 Å². The Morgan fingerprint density at radius 3 is 2.57 bits per heavy atom. The molecule has 1 aromatic heterocycles. The zero-order valence-electron chi connectivity index (χ0n) is 16.2. The number of para-hydroxylation sites is 2. The molecule has 4 nitrogen and oxygen atoms in total. The number of nitrogens with zero attached hydrogens (tertiary/aromatic N) is 2. The van der Waals surface area contributed by atoms with Gasteiger partial charge in [-0.2, -0.15) is 0 Å². The smallest absolute Gasteiger partial charge is 0.237 e. The molecule has 1 fully saturated rings. The van der Waals surface area contributed by atoms with Crippen molar-refractivity contribution in [2.45, 2.75) is 44.9 Å². The van der Waals surface area contributed by atoms with Gasteiger partial charge in [-0.1, -0.05) is 43.6 Å². The normalized spacial score (nSPS) is 24.4. The molecule has 142 valence electrons. The number of rotatable bonds is 2. The number of fused-ring (bicyclic) bond motifs is 6. The molecule has 3 aromatic rings. The monoisotopic (exact) mass is 391 g/mol. The second kappa shape index (κ2) is 5.77. The SMILES string of the molecule is Cc1c(Cl)cccc1NC(=O)C12CCC(c3nc4ccccc4nc31)C2(C)C. The molecule has 0 saturated heterocycles. The summed E-state index contributed by atoms with van der Waals surface area (Å²) in [4.78, 5) is 23.6. The second-order valence-corrected chi connectivity index (χ2v) is 8.94. The van der Waals surface area contributed by atoms with Gasteiger partial charge in [0, 0.05) is 16.6 Å². The van der Waals surface area contributed by atoms with Gasteiger partial charge in [0.05, 0.1) is 27.8 Å². The largest absolute Gasteiger partial charge is 0.325 e. The van der Waals surface area contributed by atoms with Crippen LogP contribution in [-0.4, -0.2) is 15.9 Å². The summed E-state index contributed by atoms with van der Waals surface area (Å²) in [7, 11) is 0. The van der Waals surface area contributed by atoms with Crippen LogP contribution in [-0.2, 0) is 10.2 Å². The molecular formula is C23H22ClN3O. The number of nitrogens with one attached hydrogen (secondary N) is 1. The van der Waals surface area contributed by atoms with Crippen LogP contribution in [0.2, 0.25) is 5.02 Å². The highest BCUT2D eigenvalue weighted by molar-refractivity contribution is 6.31. The molecule has 2 unspecified atom stereocenters. The first-order chi connectivity index (χ1) is 13.4. The number of hydrogen-bond acceptors (Lipinski definition) is 3. The van der Waals surface area contributed by atoms with E-state index in [2.05, 4.69) is 19.2 Å². The Morgan fingerprint density at radius 1 is 1.11 bits per heavy atom. The summed E-state index contributed by atoms with van der Waals surface area (Å²) in [6.45, 7) is 6.29. The number of benzene rings is 2.